The maximum atomic E-state index is 10.1. The molecule has 1 aliphatic heterocycles. The van der Waals surface area contributed by atoms with E-state index in [0.29, 0.717) is 25.7 Å². The van der Waals surface area contributed by atoms with Crippen LogP contribution in [0.5, 0.6) is 0 Å². The van der Waals surface area contributed by atoms with E-state index >= 15 is 0 Å². The van der Waals surface area contributed by atoms with Crippen molar-refractivity contribution in [2.45, 2.75) is 101 Å². The first-order valence-corrected chi connectivity index (χ1v) is 10.0. The van der Waals surface area contributed by atoms with E-state index in [-0.39, 0.29) is 0 Å². The summed E-state index contributed by atoms with van der Waals surface area (Å²) >= 11 is 0. The minimum absolute atomic E-state index is 0.450. The van der Waals surface area contributed by atoms with Crippen LogP contribution in [-0.2, 0) is 9.47 Å². The molecule has 0 aliphatic carbocycles. The number of aliphatic hydroxyl groups is 6. The summed E-state index contributed by atoms with van der Waals surface area (Å²) in [4.78, 5) is 0. The van der Waals surface area contributed by atoms with Gasteiger partial charge in [0, 0.05) is 0 Å². The molecule has 1 saturated heterocycles. The zero-order chi connectivity index (χ0) is 22.4. The Labute approximate surface area is 173 Å². The van der Waals surface area contributed by atoms with Crippen molar-refractivity contribution < 1.29 is 40.1 Å². The first-order valence-electron chi connectivity index (χ1n) is 10.0. The van der Waals surface area contributed by atoms with Gasteiger partial charge in [0.2, 0.25) is 0 Å². The molecule has 29 heavy (non-hydrogen) atoms. The van der Waals surface area contributed by atoms with Crippen molar-refractivity contribution >= 4 is 0 Å². The molecule has 8 nitrogen and oxygen atoms in total. The normalized spacial score (nSPS) is 31.9. The molecule has 0 aromatic carbocycles. The SMILES string of the molecule is C=C[C@](C)(CC/C=C(\C)CC[C@H](O)C(C)(C)O)O[C@@H]1O[C@@H](CO)[C@@H](O)[C@H](O)[C@@H]1O. The summed E-state index contributed by atoms with van der Waals surface area (Å²) < 4.78 is 11.2. The fraction of sp³-hybridized carbons (Fsp3) is 0.810. The maximum Gasteiger partial charge on any atom is 0.187 e. The van der Waals surface area contributed by atoms with Gasteiger partial charge in [0.1, 0.15) is 24.4 Å². The van der Waals surface area contributed by atoms with E-state index in [0.717, 1.165) is 5.57 Å². The number of allylic oxidation sites excluding steroid dienone is 2. The van der Waals surface area contributed by atoms with Crippen LogP contribution >= 0.6 is 0 Å². The van der Waals surface area contributed by atoms with Crippen LogP contribution in [0.1, 0.15) is 53.4 Å². The third kappa shape index (κ3) is 7.73. The molecule has 1 fully saturated rings. The lowest BCUT2D eigenvalue weighted by Gasteiger charge is -2.42. The van der Waals surface area contributed by atoms with Crippen LogP contribution < -0.4 is 0 Å². The molecule has 0 saturated carbocycles. The summed E-state index contributed by atoms with van der Waals surface area (Å²) in [6.07, 6.45) is -1.63. The van der Waals surface area contributed by atoms with Gasteiger partial charge in [0.25, 0.3) is 0 Å². The quantitative estimate of drug-likeness (QED) is 0.265. The third-order valence-corrected chi connectivity index (χ3v) is 5.43. The van der Waals surface area contributed by atoms with Gasteiger partial charge in [-0.05, 0) is 53.4 Å². The molecule has 170 valence electrons. The lowest BCUT2D eigenvalue weighted by atomic mass is 9.94. The largest absolute Gasteiger partial charge is 0.394 e. The number of rotatable bonds is 11. The summed E-state index contributed by atoms with van der Waals surface area (Å²) in [6, 6.07) is 0. The van der Waals surface area contributed by atoms with Gasteiger partial charge >= 0.3 is 0 Å². The van der Waals surface area contributed by atoms with Gasteiger partial charge in [-0.3, -0.25) is 0 Å². The Morgan fingerprint density at radius 2 is 1.79 bits per heavy atom. The Morgan fingerprint density at radius 3 is 2.31 bits per heavy atom. The molecule has 0 bridgehead atoms. The van der Waals surface area contributed by atoms with Crippen molar-refractivity contribution in [3.8, 4) is 0 Å². The van der Waals surface area contributed by atoms with Crippen LogP contribution in [0, 0.1) is 0 Å². The van der Waals surface area contributed by atoms with Crippen LogP contribution in [0.15, 0.2) is 24.3 Å². The van der Waals surface area contributed by atoms with E-state index in [1.807, 2.05) is 13.0 Å². The second kappa shape index (κ2) is 11.0. The van der Waals surface area contributed by atoms with Crippen LogP contribution in [0.3, 0.4) is 0 Å². The van der Waals surface area contributed by atoms with Gasteiger partial charge in [0.05, 0.1) is 23.9 Å². The zero-order valence-corrected chi connectivity index (χ0v) is 17.9. The van der Waals surface area contributed by atoms with E-state index in [4.69, 9.17) is 9.47 Å². The predicted octanol–water partition coefficient (Wildman–Crippen LogP) is 0.386. The molecule has 0 radical (unpaired) electrons. The zero-order valence-electron chi connectivity index (χ0n) is 17.9. The number of hydrogen-bond donors (Lipinski definition) is 6. The molecule has 0 amide bonds. The Hall–Kier alpha value is -0.840. The molecule has 0 spiro atoms. The molecule has 6 N–H and O–H groups in total. The second-order valence-electron chi connectivity index (χ2n) is 8.63. The van der Waals surface area contributed by atoms with Gasteiger partial charge in [-0.2, -0.15) is 0 Å². The van der Waals surface area contributed by atoms with Crippen LogP contribution in [0.2, 0.25) is 0 Å². The predicted molar refractivity (Wildman–Crippen MR) is 108 cm³/mol. The molecule has 8 heteroatoms. The highest BCUT2D eigenvalue weighted by Crippen LogP contribution is 2.29. The Bertz CT molecular complexity index is 541. The minimum Gasteiger partial charge on any atom is -0.394 e. The molecular formula is C21H38O8. The smallest absolute Gasteiger partial charge is 0.187 e. The topological polar surface area (TPSA) is 140 Å². The van der Waals surface area contributed by atoms with Crippen LogP contribution in [0.4, 0.5) is 0 Å². The van der Waals surface area contributed by atoms with E-state index in [9.17, 15) is 30.6 Å². The van der Waals surface area contributed by atoms with Crippen LogP contribution in [-0.4, -0.2) is 85.3 Å². The number of aliphatic hydroxyl groups excluding tert-OH is 5. The first-order chi connectivity index (χ1) is 13.3. The first kappa shape index (κ1) is 26.2. The lowest BCUT2D eigenvalue weighted by molar-refractivity contribution is -0.319. The highest BCUT2D eigenvalue weighted by atomic mass is 16.7. The summed E-state index contributed by atoms with van der Waals surface area (Å²) in [5.41, 5.74) is -0.953. The van der Waals surface area contributed by atoms with Gasteiger partial charge in [-0.1, -0.05) is 17.7 Å². The summed E-state index contributed by atoms with van der Waals surface area (Å²) in [5, 5.41) is 58.9. The molecule has 0 unspecified atom stereocenters. The average Bonchev–Trinajstić information content (AvgIpc) is 2.65. The van der Waals surface area contributed by atoms with Crippen molar-refractivity contribution in [1.29, 1.82) is 0 Å². The van der Waals surface area contributed by atoms with Gasteiger partial charge < -0.3 is 40.1 Å². The standard InChI is InChI=1S/C21H38O8/c1-6-21(5,11-7-8-13(2)9-10-15(23)20(3,4)27)29-19-18(26)17(25)16(24)14(12-22)28-19/h6,8,14-19,22-27H,1,7,9-12H2,2-5H3/b13-8+/t14-,15-,16+,17-,18-,19-,21+/m0/s1. The van der Waals surface area contributed by atoms with Gasteiger partial charge in [0.15, 0.2) is 6.29 Å². The van der Waals surface area contributed by atoms with Crippen molar-refractivity contribution in [1.82, 2.24) is 0 Å². The van der Waals surface area contributed by atoms with Gasteiger partial charge in [-0.15, -0.1) is 6.58 Å². The van der Waals surface area contributed by atoms with Gasteiger partial charge in [-0.25, -0.2) is 0 Å². The Kier molecular flexibility index (Phi) is 9.91. The van der Waals surface area contributed by atoms with E-state index < -0.39 is 54.6 Å². The molecule has 7 atom stereocenters. The highest BCUT2D eigenvalue weighted by molar-refractivity contribution is 5.03. The van der Waals surface area contributed by atoms with Crippen molar-refractivity contribution in [3.05, 3.63) is 24.3 Å². The van der Waals surface area contributed by atoms with E-state index in [1.54, 1.807) is 26.8 Å². The molecule has 1 rings (SSSR count). The molecular weight excluding hydrogens is 380 g/mol. The van der Waals surface area contributed by atoms with Crippen molar-refractivity contribution in [2.75, 3.05) is 6.61 Å². The Balaban J connectivity index is 2.63. The van der Waals surface area contributed by atoms with E-state index in [1.165, 1.54) is 0 Å². The van der Waals surface area contributed by atoms with Crippen LogP contribution in [0.25, 0.3) is 0 Å². The van der Waals surface area contributed by atoms with Crippen molar-refractivity contribution in [3.63, 3.8) is 0 Å². The molecule has 0 aromatic rings. The fourth-order valence-electron chi connectivity index (χ4n) is 3.06. The average molecular weight is 419 g/mol. The Morgan fingerprint density at radius 1 is 1.17 bits per heavy atom. The minimum atomic E-state index is -1.50. The highest BCUT2D eigenvalue weighted by Gasteiger charge is 2.45. The molecule has 0 aromatic heterocycles. The summed E-state index contributed by atoms with van der Waals surface area (Å²) in [7, 11) is 0. The van der Waals surface area contributed by atoms with Crippen molar-refractivity contribution in [2.24, 2.45) is 0 Å². The lowest BCUT2D eigenvalue weighted by Crippen LogP contribution is -2.60. The second-order valence-corrected chi connectivity index (χ2v) is 8.63. The maximum absolute atomic E-state index is 10.1. The summed E-state index contributed by atoms with van der Waals surface area (Å²) in [6.45, 7) is 10.1. The third-order valence-electron chi connectivity index (χ3n) is 5.43. The molecule has 1 aliphatic rings. The number of ether oxygens (including phenoxy) is 2. The fourth-order valence-corrected chi connectivity index (χ4v) is 3.06. The van der Waals surface area contributed by atoms with E-state index in [2.05, 4.69) is 6.58 Å². The summed E-state index contributed by atoms with van der Waals surface area (Å²) in [5.74, 6) is 0. The molecule has 1 heterocycles. The monoisotopic (exact) mass is 418 g/mol. The number of hydrogen-bond acceptors (Lipinski definition) is 8.